The molecule has 0 spiro atoms. The Morgan fingerprint density at radius 3 is 2.40 bits per heavy atom. The summed E-state index contributed by atoms with van der Waals surface area (Å²) in [5.74, 6) is 0. The number of hydrogen-bond donors (Lipinski definition) is 0. The number of hydrogen-bond acceptors (Lipinski definition) is 1. The number of aryl methyl sites for hydroxylation is 1. The van der Waals surface area contributed by atoms with E-state index in [2.05, 4.69) is 88.2 Å². The van der Waals surface area contributed by atoms with Gasteiger partial charge in [-0.15, -0.1) is 0 Å². The molecule has 2 aromatic carbocycles. The summed E-state index contributed by atoms with van der Waals surface area (Å²) in [6.45, 7) is 0. The van der Waals surface area contributed by atoms with Crippen LogP contribution in [0.1, 0.15) is 10.6 Å². The largest absolute Gasteiger partial charge is 1.00 e. The minimum atomic E-state index is 0. The molecule has 102 valence electrons. The lowest BCUT2D eigenvalue weighted by Gasteiger charge is -1.92. The van der Waals surface area contributed by atoms with Crippen LogP contribution in [0, 0.1) is 0 Å². The predicted molar refractivity (Wildman–Crippen MR) is 86.1 cm³/mol. The van der Waals surface area contributed by atoms with Crippen LogP contribution >= 0.6 is 27.3 Å². The van der Waals surface area contributed by atoms with E-state index in [1.807, 2.05) is 11.3 Å². The highest BCUT2D eigenvalue weighted by Crippen LogP contribution is 2.21. The Labute approximate surface area is 148 Å². The molecule has 0 N–H and O–H groups in total. The summed E-state index contributed by atoms with van der Waals surface area (Å²) in [6, 6.07) is 16.8. The Balaban J connectivity index is 0.00000147. The summed E-state index contributed by atoms with van der Waals surface area (Å²) in [5, 5.41) is 1.25. The summed E-state index contributed by atoms with van der Waals surface area (Å²) in [6.07, 6.45) is 4.32. The monoisotopic (exact) mass is 457 g/mol. The number of benzene rings is 2. The Hall–Kier alpha value is -0.720. The zero-order valence-corrected chi connectivity index (χ0v) is 15.4. The molecule has 4 heteroatoms. The summed E-state index contributed by atoms with van der Waals surface area (Å²) < 4.78 is 4.66. The fraction of sp³-hybridized carbons (Fsp3) is 0.0625. The maximum absolute atomic E-state index is 3.45. The Bertz CT molecular complexity index is 747. The molecule has 0 aliphatic carbocycles. The molecule has 1 nitrogen and oxygen atoms in total. The van der Waals surface area contributed by atoms with E-state index in [0.29, 0.717) is 0 Å². The maximum atomic E-state index is 3.45. The average molecular weight is 458 g/mol. The number of nitrogens with zero attached hydrogens (tertiary/aromatic N) is 1. The molecule has 0 fully saturated rings. The maximum Gasteiger partial charge on any atom is 0.262 e. The number of fused-ring (bicyclic) bond motifs is 1. The molecule has 20 heavy (non-hydrogen) atoms. The van der Waals surface area contributed by atoms with Gasteiger partial charge in [0.1, 0.15) is 11.7 Å². The van der Waals surface area contributed by atoms with Crippen molar-refractivity contribution < 1.29 is 28.5 Å². The van der Waals surface area contributed by atoms with Gasteiger partial charge in [-0.2, -0.15) is 4.57 Å². The third-order valence-corrected chi connectivity index (χ3v) is 4.77. The smallest absolute Gasteiger partial charge is 0.262 e. The molecule has 0 aliphatic heterocycles. The van der Waals surface area contributed by atoms with E-state index < -0.39 is 0 Å². The van der Waals surface area contributed by atoms with Gasteiger partial charge in [-0.1, -0.05) is 51.5 Å². The van der Waals surface area contributed by atoms with Crippen molar-refractivity contribution in [2.45, 2.75) is 0 Å². The van der Waals surface area contributed by atoms with Crippen LogP contribution in [-0.4, -0.2) is 0 Å². The van der Waals surface area contributed by atoms with Crippen LogP contribution in [0.4, 0.5) is 0 Å². The molecule has 0 aliphatic rings. The van der Waals surface area contributed by atoms with Gasteiger partial charge >= 0.3 is 0 Å². The zero-order valence-electron chi connectivity index (χ0n) is 10.9. The molecule has 3 aromatic rings. The topological polar surface area (TPSA) is 3.88 Å². The molecule has 0 atom stereocenters. The summed E-state index contributed by atoms with van der Waals surface area (Å²) in [4.78, 5) is 0. The molecule has 0 saturated heterocycles. The minimum Gasteiger partial charge on any atom is -1.00 e. The first-order chi connectivity index (χ1) is 9.24. The lowest BCUT2D eigenvalue weighted by atomic mass is 10.2. The second-order valence-corrected chi connectivity index (χ2v) is 6.33. The first-order valence-electron chi connectivity index (χ1n) is 6.05. The van der Waals surface area contributed by atoms with E-state index in [1.54, 1.807) is 0 Å². The summed E-state index contributed by atoms with van der Waals surface area (Å²) >= 11 is 5.26. The van der Waals surface area contributed by atoms with Gasteiger partial charge in [-0.25, -0.2) is 0 Å². The van der Waals surface area contributed by atoms with Crippen LogP contribution < -0.4 is 28.5 Å². The Kier molecular flexibility index (Phi) is 5.35. The number of aromatic nitrogens is 1. The van der Waals surface area contributed by atoms with Crippen LogP contribution in [0.5, 0.6) is 0 Å². The predicted octanol–water partition coefficient (Wildman–Crippen LogP) is 1.66. The standard InChI is InChI=1S/C16H13BrNS.HI/c1-18-14-4-2-3-5-15(14)19-16(18)11-8-12-6-9-13(17)10-7-12;/h2-11H,1H3;1H/q+1;/p-1/b11-8+;. The van der Waals surface area contributed by atoms with Crippen molar-refractivity contribution in [3.63, 3.8) is 0 Å². The lowest BCUT2D eigenvalue weighted by molar-refractivity contribution is -0.642. The molecule has 0 radical (unpaired) electrons. The quantitative estimate of drug-likeness (QED) is 0.407. The highest BCUT2D eigenvalue weighted by Gasteiger charge is 2.12. The van der Waals surface area contributed by atoms with E-state index in [-0.39, 0.29) is 24.0 Å². The Morgan fingerprint density at radius 2 is 1.70 bits per heavy atom. The van der Waals surface area contributed by atoms with Gasteiger partial charge in [-0.05, 0) is 29.8 Å². The van der Waals surface area contributed by atoms with Crippen molar-refractivity contribution in [3.8, 4) is 0 Å². The van der Waals surface area contributed by atoms with Gasteiger partial charge in [0, 0.05) is 16.6 Å². The zero-order chi connectivity index (χ0) is 13.2. The number of halogens is 2. The van der Waals surface area contributed by atoms with Crippen LogP contribution in [0.15, 0.2) is 53.0 Å². The van der Waals surface area contributed by atoms with Crippen molar-refractivity contribution in [2.75, 3.05) is 0 Å². The number of rotatable bonds is 2. The highest BCUT2D eigenvalue weighted by molar-refractivity contribution is 9.10. The first kappa shape index (κ1) is 15.7. The lowest BCUT2D eigenvalue weighted by Crippen LogP contribution is -3.00. The van der Waals surface area contributed by atoms with E-state index in [1.165, 1.54) is 20.8 Å². The summed E-state index contributed by atoms with van der Waals surface area (Å²) in [7, 11) is 2.11. The highest BCUT2D eigenvalue weighted by atomic mass is 127. The Morgan fingerprint density at radius 1 is 1.00 bits per heavy atom. The van der Waals surface area contributed by atoms with Crippen molar-refractivity contribution in [1.29, 1.82) is 0 Å². The second-order valence-electron chi connectivity index (χ2n) is 4.35. The van der Waals surface area contributed by atoms with E-state index in [0.717, 1.165) is 4.47 Å². The normalized spacial score (nSPS) is 10.9. The van der Waals surface area contributed by atoms with Gasteiger partial charge in [0.2, 0.25) is 5.52 Å². The van der Waals surface area contributed by atoms with Crippen molar-refractivity contribution in [2.24, 2.45) is 7.05 Å². The number of para-hydroxylation sites is 1. The first-order valence-corrected chi connectivity index (χ1v) is 7.66. The van der Waals surface area contributed by atoms with Crippen molar-refractivity contribution >= 4 is 49.6 Å². The van der Waals surface area contributed by atoms with Gasteiger partial charge in [0.15, 0.2) is 0 Å². The van der Waals surface area contributed by atoms with E-state index in [4.69, 9.17) is 0 Å². The minimum absolute atomic E-state index is 0. The molecule has 1 aromatic heterocycles. The van der Waals surface area contributed by atoms with Crippen LogP contribution in [0.25, 0.3) is 22.4 Å². The summed E-state index contributed by atoms with van der Waals surface area (Å²) in [5.41, 5.74) is 2.49. The van der Waals surface area contributed by atoms with Crippen LogP contribution in [0.3, 0.4) is 0 Å². The fourth-order valence-electron chi connectivity index (χ4n) is 2.01. The number of thiazole rings is 1. The second kappa shape index (κ2) is 6.83. The SMILES string of the molecule is C[n+]1c(/C=C/c2ccc(Br)cc2)sc2ccccc21.[I-]. The van der Waals surface area contributed by atoms with Crippen molar-refractivity contribution in [1.82, 2.24) is 0 Å². The molecular weight excluding hydrogens is 445 g/mol. The van der Waals surface area contributed by atoms with Gasteiger partial charge in [0.05, 0.1) is 0 Å². The molecular formula is C16H13BrINS. The van der Waals surface area contributed by atoms with Crippen molar-refractivity contribution in [3.05, 3.63) is 63.6 Å². The fourth-order valence-corrected chi connectivity index (χ4v) is 3.32. The van der Waals surface area contributed by atoms with Gasteiger partial charge < -0.3 is 24.0 Å². The molecule has 1 heterocycles. The van der Waals surface area contributed by atoms with Gasteiger partial charge in [0.25, 0.3) is 5.01 Å². The van der Waals surface area contributed by atoms with E-state index in [9.17, 15) is 0 Å². The molecule has 3 rings (SSSR count). The van der Waals surface area contributed by atoms with E-state index >= 15 is 0 Å². The molecule has 0 amide bonds. The third kappa shape index (κ3) is 3.30. The molecule has 0 unspecified atom stereocenters. The van der Waals surface area contributed by atoms with Gasteiger partial charge in [-0.3, -0.25) is 0 Å². The van der Waals surface area contributed by atoms with Crippen LogP contribution in [0.2, 0.25) is 0 Å². The average Bonchev–Trinajstić information content (AvgIpc) is 2.76. The molecule has 0 saturated carbocycles. The molecule has 0 bridgehead atoms. The third-order valence-electron chi connectivity index (χ3n) is 3.06. The van der Waals surface area contributed by atoms with Crippen LogP contribution in [-0.2, 0) is 7.05 Å².